The fourth-order valence-electron chi connectivity index (χ4n) is 2.74. The van der Waals surface area contributed by atoms with Gasteiger partial charge in [-0.3, -0.25) is 5.43 Å². The molecular formula is C20H29N3OS. The van der Waals surface area contributed by atoms with Gasteiger partial charge in [0, 0.05) is 13.2 Å². The number of benzene rings is 1. The number of ether oxygens (including phenoxy) is 1. The average Bonchev–Trinajstić information content (AvgIpc) is 3.14. The molecule has 1 aromatic carbocycles. The van der Waals surface area contributed by atoms with Crippen LogP contribution >= 0.6 is 12.2 Å². The number of unbranched alkanes of at least 4 members (excludes halogenated alkanes) is 2. The van der Waals surface area contributed by atoms with E-state index in [0.29, 0.717) is 5.11 Å². The topological polar surface area (TPSA) is 45.7 Å². The van der Waals surface area contributed by atoms with E-state index >= 15 is 0 Å². The highest BCUT2D eigenvalue weighted by molar-refractivity contribution is 7.80. The summed E-state index contributed by atoms with van der Waals surface area (Å²) < 4.78 is 5.57. The molecule has 0 spiro atoms. The monoisotopic (exact) mass is 359 g/mol. The van der Waals surface area contributed by atoms with Crippen LogP contribution in [0.1, 0.15) is 51.0 Å². The molecule has 5 heteroatoms. The van der Waals surface area contributed by atoms with Crippen LogP contribution in [0.25, 0.3) is 6.08 Å². The van der Waals surface area contributed by atoms with Crippen LogP contribution in [-0.4, -0.2) is 30.6 Å². The first-order valence-corrected chi connectivity index (χ1v) is 9.63. The smallest absolute Gasteiger partial charge is 0.187 e. The minimum atomic E-state index is 0.270. The molecule has 136 valence electrons. The quantitative estimate of drug-likeness (QED) is 0.299. The van der Waals surface area contributed by atoms with Crippen LogP contribution in [0.3, 0.4) is 0 Å². The van der Waals surface area contributed by atoms with E-state index in [1.807, 2.05) is 12.3 Å². The molecule has 25 heavy (non-hydrogen) atoms. The van der Waals surface area contributed by atoms with Gasteiger partial charge < -0.3 is 10.1 Å². The zero-order valence-electron chi connectivity index (χ0n) is 15.0. The van der Waals surface area contributed by atoms with Crippen LogP contribution < -0.4 is 10.7 Å². The van der Waals surface area contributed by atoms with Crippen LogP contribution in [0.2, 0.25) is 0 Å². The van der Waals surface area contributed by atoms with Gasteiger partial charge in [-0.1, -0.05) is 56.2 Å². The normalized spacial score (nSPS) is 17.8. The number of hydrazone groups is 1. The van der Waals surface area contributed by atoms with E-state index < -0.39 is 0 Å². The summed E-state index contributed by atoms with van der Waals surface area (Å²) in [6.07, 6.45) is 11.2. The Bertz CT molecular complexity index is 566. The molecule has 4 nitrogen and oxygen atoms in total. The molecule has 0 unspecified atom stereocenters. The molecular weight excluding hydrogens is 330 g/mol. The predicted molar refractivity (Wildman–Crippen MR) is 110 cm³/mol. The summed E-state index contributed by atoms with van der Waals surface area (Å²) >= 11 is 5.27. The van der Waals surface area contributed by atoms with Crippen molar-refractivity contribution in [2.45, 2.75) is 51.6 Å². The molecule has 1 aliphatic heterocycles. The molecule has 0 aromatic heterocycles. The lowest BCUT2D eigenvalue weighted by Crippen LogP contribution is -2.37. The SMILES string of the molecule is CCCCCC(/C=N\NC(=S)NC[C@H]1CCCO1)=C\c1ccccc1. The van der Waals surface area contributed by atoms with E-state index in [1.54, 1.807) is 0 Å². The lowest BCUT2D eigenvalue weighted by Gasteiger charge is -2.11. The van der Waals surface area contributed by atoms with Gasteiger partial charge in [0.2, 0.25) is 0 Å². The van der Waals surface area contributed by atoms with Crippen molar-refractivity contribution in [2.24, 2.45) is 5.10 Å². The van der Waals surface area contributed by atoms with E-state index in [0.717, 1.165) is 32.4 Å². The summed E-state index contributed by atoms with van der Waals surface area (Å²) in [6, 6.07) is 10.3. The van der Waals surface area contributed by atoms with Gasteiger partial charge >= 0.3 is 0 Å². The zero-order chi connectivity index (χ0) is 17.7. The Balaban J connectivity index is 1.83. The Morgan fingerprint density at radius 1 is 1.32 bits per heavy atom. The van der Waals surface area contributed by atoms with Gasteiger partial charge in [-0.15, -0.1) is 0 Å². The van der Waals surface area contributed by atoms with Gasteiger partial charge in [0.25, 0.3) is 0 Å². The van der Waals surface area contributed by atoms with Crippen molar-refractivity contribution in [1.29, 1.82) is 0 Å². The number of nitrogens with one attached hydrogen (secondary N) is 2. The molecule has 2 rings (SSSR count). The van der Waals surface area contributed by atoms with Crippen molar-refractivity contribution in [3.63, 3.8) is 0 Å². The standard InChI is InChI=1S/C20H29N3OS/c1-2-3-5-11-18(14-17-9-6-4-7-10-17)15-22-23-20(25)21-16-19-12-8-13-24-19/h4,6-7,9-10,14-15,19H,2-3,5,8,11-13,16H2,1H3,(H2,21,23,25)/b18-14+,22-15-/t19-/m1/s1. The van der Waals surface area contributed by atoms with Crippen LogP contribution in [0, 0.1) is 0 Å². The first-order chi connectivity index (χ1) is 12.3. The van der Waals surface area contributed by atoms with Crippen LogP contribution in [0.15, 0.2) is 41.0 Å². The van der Waals surface area contributed by atoms with Crippen molar-refractivity contribution in [1.82, 2.24) is 10.7 Å². The van der Waals surface area contributed by atoms with Gasteiger partial charge in [-0.2, -0.15) is 5.10 Å². The second-order valence-electron chi connectivity index (χ2n) is 6.30. The molecule has 0 amide bonds. The largest absolute Gasteiger partial charge is 0.376 e. The Morgan fingerprint density at radius 2 is 2.16 bits per heavy atom. The molecule has 1 saturated heterocycles. The maximum Gasteiger partial charge on any atom is 0.187 e. The molecule has 1 fully saturated rings. The van der Waals surface area contributed by atoms with Gasteiger partial charge in [-0.05, 0) is 49.0 Å². The Kier molecular flexibility index (Phi) is 9.23. The Labute approximate surface area is 156 Å². The summed E-state index contributed by atoms with van der Waals surface area (Å²) in [6.45, 7) is 3.81. The Morgan fingerprint density at radius 3 is 2.88 bits per heavy atom. The molecule has 1 atom stereocenters. The zero-order valence-corrected chi connectivity index (χ0v) is 15.9. The van der Waals surface area contributed by atoms with Crippen molar-refractivity contribution in [3.8, 4) is 0 Å². The second kappa shape index (κ2) is 11.8. The highest BCUT2D eigenvalue weighted by Crippen LogP contribution is 2.12. The molecule has 0 aliphatic carbocycles. The summed E-state index contributed by atoms with van der Waals surface area (Å²) in [5.74, 6) is 0. The second-order valence-corrected chi connectivity index (χ2v) is 6.71. The highest BCUT2D eigenvalue weighted by Gasteiger charge is 2.14. The average molecular weight is 360 g/mol. The summed E-state index contributed by atoms with van der Waals surface area (Å²) in [5.41, 5.74) is 5.30. The Hall–Kier alpha value is -1.72. The molecule has 0 radical (unpaired) electrons. The van der Waals surface area contributed by atoms with E-state index in [1.165, 1.54) is 30.4 Å². The third-order valence-electron chi connectivity index (χ3n) is 4.13. The lowest BCUT2D eigenvalue weighted by molar-refractivity contribution is 0.114. The van der Waals surface area contributed by atoms with Crippen LogP contribution in [0.5, 0.6) is 0 Å². The third kappa shape index (κ3) is 8.27. The van der Waals surface area contributed by atoms with E-state index in [9.17, 15) is 0 Å². The van der Waals surface area contributed by atoms with Crippen molar-refractivity contribution < 1.29 is 4.74 Å². The highest BCUT2D eigenvalue weighted by atomic mass is 32.1. The maximum absolute atomic E-state index is 5.57. The van der Waals surface area contributed by atoms with E-state index in [2.05, 4.69) is 53.1 Å². The number of hydrogen-bond acceptors (Lipinski definition) is 3. The number of allylic oxidation sites excluding steroid dienone is 1. The van der Waals surface area contributed by atoms with E-state index in [4.69, 9.17) is 17.0 Å². The fourth-order valence-corrected chi connectivity index (χ4v) is 2.88. The summed E-state index contributed by atoms with van der Waals surface area (Å²) in [4.78, 5) is 0. The van der Waals surface area contributed by atoms with E-state index in [-0.39, 0.29) is 6.10 Å². The number of nitrogens with zero attached hydrogens (tertiary/aromatic N) is 1. The minimum Gasteiger partial charge on any atom is -0.376 e. The molecule has 0 saturated carbocycles. The molecule has 1 heterocycles. The molecule has 0 bridgehead atoms. The summed E-state index contributed by atoms with van der Waals surface area (Å²) in [5, 5.41) is 8.01. The molecule has 1 aromatic rings. The molecule has 2 N–H and O–H groups in total. The van der Waals surface area contributed by atoms with Crippen molar-refractivity contribution in [2.75, 3.05) is 13.2 Å². The van der Waals surface area contributed by atoms with Gasteiger partial charge in [0.05, 0.1) is 12.3 Å². The third-order valence-corrected chi connectivity index (χ3v) is 4.37. The van der Waals surface area contributed by atoms with Crippen molar-refractivity contribution >= 4 is 29.6 Å². The maximum atomic E-state index is 5.57. The fraction of sp³-hybridized carbons (Fsp3) is 0.500. The first kappa shape index (κ1) is 19.6. The van der Waals surface area contributed by atoms with Crippen molar-refractivity contribution in [3.05, 3.63) is 41.5 Å². The van der Waals surface area contributed by atoms with Crippen LogP contribution in [0.4, 0.5) is 0 Å². The van der Waals surface area contributed by atoms with Gasteiger partial charge in [0.1, 0.15) is 0 Å². The minimum absolute atomic E-state index is 0.270. The van der Waals surface area contributed by atoms with Crippen LogP contribution in [-0.2, 0) is 4.74 Å². The number of thiocarbonyl (C=S) groups is 1. The van der Waals surface area contributed by atoms with Gasteiger partial charge in [-0.25, -0.2) is 0 Å². The summed E-state index contributed by atoms with van der Waals surface area (Å²) in [7, 11) is 0. The number of rotatable bonds is 9. The lowest BCUT2D eigenvalue weighted by atomic mass is 10.1. The predicted octanol–water partition coefficient (Wildman–Crippen LogP) is 4.28. The molecule has 1 aliphatic rings. The number of hydrogen-bond donors (Lipinski definition) is 2. The van der Waals surface area contributed by atoms with Gasteiger partial charge in [0.15, 0.2) is 5.11 Å². The first-order valence-electron chi connectivity index (χ1n) is 9.22.